The van der Waals surface area contributed by atoms with Gasteiger partial charge >= 0.3 is 0 Å². The van der Waals surface area contributed by atoms with Gasteiger partial charge in [-0.05, 0) is 23.6 Å². The van der Waals surface area contributed by atoms with Crippen molar-refractivity contribution in [1.29, 1.82) is 0 Å². The molecule has 3 nitrogen and oxygen atoms in total. The second-order valence-corrected chi connectivity index (χ2v) is 5.43. The van der Waals surface area contributed by atoms with Gasteiger partial charge in [-0.1, -0.05) is 13.0 Å². The maximum absolute atomic E-state index is 13.6. The summed E-state index contributed by atoms with van der Waals surface area (Å²) in [5, 5.41) is 5.82. The lowest BCUT2D eigenvalue weighted by Crippen LogP contribution is -2.07. The van der Waals surface area contributed by atoms with Crippen LogP contribution in [0.4, 0.5) is 14.6 Å². The summed E-state index contributed by atoms with van der Waals surface area (Å²) in [5.41, 5.74) is 0.0116. The molecule has 21 heavy (non-hydrogen) atoms. The molecular weight excluding hydrogens is 292 g/mol. The smallest absolute Gasteiger partial charge is 0.138 e. The molecule has 2 aromatic heterocycles. The molecule has 0 atom stereocenters. The molecule has 0 aliphatic carbocycles. The second kappa shape index (κ2) is 5.73. The highest BCUT2D eigenvalue weighted by Crippen LogP contribution is 2.26. The van der Waals surface area contributed by atoms with E-state index in [2.05, 4.69) is 15.3 Å². The molecule has 3 aromatic rings. The zero-order valence-corrected chi connectivity index (χ0v) is 12.2. The van der Waals surface area contributed by atoms with E-state index in [1.165, 1.54) is 29.5 Å². The fourth-order valence-electron chi connectivity index (χ4n) is 2.07. The number of benzene rings is 1. The lowest BCUT2D eigenvalue weighted by Gasteiger charge is -2.09. The molecule has 1 aromatic carbocycles. The van der Waals surface area contributed by atoms with E-state index in [9.17, 15) is 8.78 Å². The lowest BCUT2D eigenvalue weighted by molar-refractivity contribution is 0.560. The number of rotatable bonds is 4. The summed E-state index contributed by atoms with van der Waals surface area (Å²) in [6.07, 6.45) is 0.705. The average Bonchev–Trinajstić information content (AvgIpc) is 2.94. The van der Waals surface area contributed by atoms with Crippen LogP contribution in [-0.4, -0.2) is 9.97 Å². The SMILES string of the molecule is CCc1nc(NCc2c(F)cccc2F)c2ccsc2n1. The van der Waals surface area contributed by atoms with Crippen molar-refractivity contribution < 1.29 is 8.78 Å². The first-order valence-electron chi connectivity index (χ1n) is 6.60. The van der Waals surface area contributed by atoms with Gasteiger partial charge in [-0.15, -0.1) is 11.3 Å². The van der Waals surface area contributed by atoms with Crippen LogP contribution in [0.1, 0.15) is 18.3 Å². The summed E-state index contributed by atoms with van der Waals surface area (Å²) in [6, 6.07) is 5.75. The number of thiophene rings is 1. The van der Waals surface area contributed by atoms with Gasteiger partial charge in [-0.25, -0.2) is 18.7 Å². The molecule has 0 radical (unpaired) electrons. The molecular formula is C15H13F2N3S. The summed E-state index contributed by atoms with van der Waals surface area (Å²) >= 11 is 1.52. The van der Waals surface area contributed by atoms with Gasteiger partial charge in [0.15, 0.2) is 0 Å². The maximum Gasteiger partial charge on any atom is 0.138 e. The Labute approximate surface area is 124 Å². The van der Waals surface area contributed by atoms with Crippen molar-refractivity contribution in [2.45, 2.75) is 19.9 Å². The minimum absolute atomic E-state index is 0.0116. The Morgan fingerprint density at radius 3 is 2.62 bits per heavy atom. The van der Waals surface area contributed by atoms with E-state index in [-0.39, 0.29) is 12.1 Å². The Morgan fingerprint density at radius 2 is 1.90 bits per heavy atom. The van der Waals surface area contributed by atoms with E-state index < -0.39 is 11.6 Å². The molecule has 0 unspecified atom stereocenters. The number of aromatic nitrogens is 2. The van der Waals surface area contributed by atoms with Crippen LogP contribution in [-0.2, 0) is 13.0 Å². The highest BCUT2D eigenvalue weighted by molar-refractivity contribution is 7.16. The minimum Gasteiger partial charge on any atom is -0.365 e. The molecule has 0 saturated heterocycles. The maximum atomic E-state index is 13.6. The first-order valence-corrected chi connectivity index (χ1v) is 7.48. The van der Waals surface area contributed by atoms with Crippen LogP contribution in [0.25, 0.3) is 10.2 Å². The number of halogens is 2. The zero-order valence-electron chi connectivity index (χ0n) is 11.4. The van der Waals surface area contributed by atoms with Crippen molar-refractivity contribution in [1.82, 2.24) is 9.97 Å². The lowest BCUT2D eigenvalue weighted by atomic mass is 10.2. The van der Waals surface area contributed by atoms with Crippen LogP contribution >= 0.6 is 11.3 Å². The molecule has 0 amide bonds. The molecule has 0 aliphatic rings. The van der Waals surface area contributed by atoms with E-state index in [1.54, 1.807) is 0 Å². The van der Waals surface area contributed by atoms with E-state index >= 15 is 0 Å². The molecule has 2 heterocycles. The van der Waals surface area contributed by atoms with Crippen molar-refractivity contribution in [3.8, 4) is 0 Å². The van der Waals surface area contributed by atoms with Crippen molar-refractivity contribution in [3.63, 3.8) is 0 Å². The van der Waals surface area contributed by atoms with Gasteiger partial charge in [0.05, 0.1) is 5.39 Å². The Hall–Kier alpha value is -2.08. The quantitative estimate of drug-likeness (QED) is 0.787. The molecule has 0 spiro atoms. The van der Waals surface area contributed by atoms with E-state index in [1.807, 2.05) is 18.4 Å². The third kappa shape index (κ3) is 2.71. The molecule has 0 bridgehead atoms. The molecule has 0 aliphatic heterocycles. The summed E-state index contributed by atoms with van der Waals surface area (Å²) in [4.78, 5) is 9.70. The van der Waals surface area contributed by atoms with Crippen LogP contribution in [0.2, 0.25) is 0 Å². The zero-order chi connectivity index (χ0) is 14.8. The number of aryl methyl sites for hydroxylation is 1. The van der Waals surface area contributed by atoms with Gasteiger partial charge in [-0.3, -0.25) is 0 Å². The fourth-order valence-corrected chi connectivity index (χ4v) is 2.85. The third-order valence-electron chi connectivity index (χ3n) is 3.18. The highest BCUT2D eigenvalue weighted by Gasteiger charge is 2.11. The third-order valence-corrected chi connectivity index (χ3v) is 3.99. The Bertz CT molecular complexity index is 765. The van der Waals surface area contributed by atoms with Gasteiger partial charge in [0.2, 0.25) is 0 Å². The average molecular weight is 305 g/mol. The van der Waals surface area contributed by atoms with E-state index in [0.29, 0.717) is 18.1 Å². The second-order valence-electron chi connectivity index (χ2n) is 4.54. The van der Waals surface area contributed by atoms with E-state index in [4.69, 9.17) is 0 Å². The predicted molar refractivity (Wildman–Crippen MR) is 80.5 cm³/mol. The summed E-state index contributed by atoms with van der Waals surface area (Å²) in [5.74, 6) is 0.199. The van der Waals surface area contributed by atoms with E-state index in [0.717, 1.165) is 10.2 Å². The molecule has 0 fully saturated rings. The number of fused-ring (bicyclic) bond motifs is 1. The number of hydrogen-bond acceptors (Lipinski definition) is 4. The molecule has 108 valence electrons. The van der Waals surface area contributed by atoms with Gasteiger partial charge in [0.1, 0.15) is 28.1 Å². The fraction of sp³-hybridized carbons (Fsp3) is 0.200. The van der Waals surface area contributed by atoms with Crippen molar-refractivity contribution in [2.75, 3.05) is 5.32 Å². The van der Waals surface area contributed by atoms with Crippen LogP contribution in [0.3, 0.4) is 0 Å². The molecule has 6 heteroatoms. The van der Waals surface area contributed by atoms with Crippen LogP contribution in [0, 0.1) is 11.6 Å². The number of nitrogens with one attached hydrogen (secondary N) is 1. The predicted octanol–water partition coefficient (Wildman–Crippen LogP) is 4.14. The van der Waals surface area contributed by atoms with Gasteiger partial charge in [0, 0.05) is 18.5 Å². The topological polar surface area (TPSA) is 37.8 Å². The Morgan fingerprint density at radius 1 is 1.14 bits per heavy atom. The molecule has 1 N–H and O–H groups in total. The van der Waals surface area contributed by atoms with Crippen molar-refractivity contribution in [2.24, 2.45) is 0 Å². The van der Waals surface area contributed by atoms with Crippen molar-refractivity contribution in [3.05, 3.63) is 52.7 Å². The minimum atomic E-state index is -0.561. The largest absolute Gasteiger partial charge is 0.365 e. The number of hydrogen-bond donors (Lipinski definition) is 1. The van der Waals surface area contributed by atoms with Crippen LogP contribution < -0.4 is 5.32 Å². The standard InChI is InChI=1S/C15H13F2N3S/c1-2-13-19-14(9-6-7-21-15(9)20-13)18-8-10-11(16)4-3-5-12(10)17/h3-7H,2,8H2,1H3,(H,18,19,20). The summed E-state index contributed by atoms with van der Waals surface area (Å²) in [6.45, 7) is 2.01. The van der Waals surface area contributed by atoms with Gasteiger partial charge < -0.3 is 5.32 Å². The Kier molecular flexibility index (Phi) is 3.79. The summed E-state index contributed by atoms with van der Waals surface area (Å²) < 4.78 is 27.3. The van der Waals surface area contributed by atoms with Gasteiger partial charge in [-0.2, -0.15) is 0 Å². The Balaban J connectivity index is 1.93. The molecule has 3 rings (SSSR count). The first-order chi connectivity index (χ1) is 10.2. The monoisotopic (exact) mass is 305 g/mol. The normalized spacial score (nSPS) is 11.0. The van der Waals surface area contributed by atoms with Gasteiger partial charge in [0.25, 0.3) is 0 Å². The van der Waals surface area contributed by atoms with Crippen LogP contribution in [0.5, 0.6) is 0 Å². The first kappa shape index (κ1) is 13.9. The highest BCUT2D eigenvalue weighted by atomic mass is 32.1. The number of nitrogens with zero attached hydrogens (tertiary/aromatic N) is 2. The molecule has 0 saturated carbocycles. The van der Waals surface area contributed by atoms with Crippen LogP contribution in [0.15, 0.2) is 29.6 Å². The summed E-state index contributed by atoms with van der Waals surface area (Å²) in [7, 11) is 0. The van der Waals surface area contributed by atoms with Crippen molar-refractivity contribution >= 4 is 27.4 Å². The number of anilines is 1.